The summed E-state index contributed by atoms with van der Waals surface area (Å²) in [5.41, 5.74) is 1.91. The quantitative estimate of drug-likeness (QED) is 0.467. The lowest BCUT2D eigenvalue weighted by Crippen LogP contribution is -2.06. The molecule has 2 N–H and O–H groups in total. The van der Waals surface area contributed by atoms with E-state index in [1.54, 1.807) is 19.9 Å². The molecule has 1 aromatic rings. The van der Waals surface area contributed by atoms with E-state index in [4.69, 9.17) is 10.2 Å². The Bertz CT molecular complexity index is 615. The fraction of sp³-hybridized carbons (Fsp3) is 0.417. The van der Waals surface area contributed by atoms with Gasteiger partial charge in [0.05, 0.1) is 0 Å². The molecule has 4 nitrogen and oxygen atoms in total. The largest absolute Gasteiger partial charge is 0.478 e. The highest BCUT2D eigenvalue weighted by Crippen LogP contribution is 2.20. The second-order valence-corrected chi connectivity index (χ2v) is 6.42. The Morgan fingerprint density at radius 2 is 1.68 bits per heavy atom. The van der Waals surface area contributed by atoms with Crippen LogP contribution < -0.4 is 0 Å². The first-order valence-electron chi connectivity index (χ1n) is 9.68. The maximum atomic E-state index is 10.5. The lowest BCUT2D eigenvalue weighted by Gasteiger charge is -2.13. The molecular formula is C24H36O4. The third-order valence-corrected chi connectivity index (χ3v) is 4.19. The third kappa shape index (κ3) is 15.6. The fourth-order valence-corrected chi connectivity index (χ4v) is 2.09. The number of hydrogen-bond donors (Lipinski definition) is 2. The lowest BCUT2D eigenvalue weighted by atomic mass is 9.92. The number of unbranched alkanes of at least 4 members (excludes halogenated alkanes) is 1. The maximum absolute atomic E-state index is 10.5. The first kappa shape index (κ1) is 27.6. The molecule has 1 aromatic carbocycles. The molecule has 0 aliphatic carbocycles. The second kappa shape index (κ2) is 17.8. The van der Waals surface area contributed by atoms with E-state index in [9.17, 15) is 9.59 Å². The number of rotatable bonds is 9. The van der Waals surface area contributed by atoms with Gasteiger partial charge in [-0.25, -0.2) is 9.59 Å². The van der Waals surface area contributed by atoms with Crippen molar-refractivity contribution in [3.63, 3.8) is 0 Å². The minimum absolute atomic E-state index is 0.350. The molecule has 0 saturated carbocycles. The van der Waals surface area contributed by atoms with Crippen molar-refractivity contribution in [2.24, 2.45) is 5.92 Å². The van der Waals surface area contributed by atoms with Crippen molar-refractivity contribution in [2.75, 3.05) is 0 Å². The second-order valence-electron chi connectivity index (χ2n) is 6.42. The minimum atomic E-state index is -0.852. The van der Waals surface area contributed by atoms with E-state index in [0.717, 1.165) is 12.8 Å². The number of carbonyl (C=O) groups is 2. The van der Waals surface area contributed by atoms with E-state index < -0.39 is 11.9 Å². The van der Waals surface area contributed by atoms with E-state index in [2.05, 4.69) is 27.0 Å². The van der Waals surface area contributed by atoms with Gasteiger partial charge in [-0.3, -0.25) is 0 Å². The molecule has 0 bridgehead atoms. The summed E-state index contributed by atoms with van der Waals surface area (Å²) >= 11 is 0. The Kier molecular flexibility index (Phi) is 17.5. The minimum Gasteiger partial charge on any atom is -0.478 e. The van der Waals surface area contributed by atoms with Crippen molar-refractivity contribution in [1.29, 1.82) is 0 Å². The first-order valence-corrected chi connectivity index (χ1v) is 9.68. The Hall–Kier alpha value is -2.62. The molecule has 0 radical (unpaired) electrons. The zero-order chi connectivity index (χ0) is 21.9. The summed E-state index contributed by atoms with van der Waals surface area (Å²) in [6.45, 7) is 14.7. The highest BCUT2D eigenvalue weighted by Gasteiger charge is 2.11. The monoisotopic (exact) mass is 388 g/mol. The number of aliphatic carboxylic acids is 2. The normalized spacial score (nSPS) is 11.1. The van der Waals surface area contributed by atoms with Crippen LogP contribution in [0.2, 0.25) is 0 Å². The zero-order valence-corrected chi connectivity index (χ0v) is 17.8. The lowest BCUT2D eigenvalue weighted by molar-refractivity contribution is -0.133. The van der Waals surface area contributed by atoms with Gasteiger partial charge >= 0.3 is 11.9 Å². The molecular weight excluding hydrogens is 352 g/mol. The van der Waals surface area contributed by atoms with Crippen LogP contribution in [0.4, 0.5) is 0 Å². The highest BCUT2D eigenvalue weighted by atomic mass is 16.4. The van der Waals surface area contributed by atoms with Gasteiger partial charge in [0.15, 0.2) is 0 Å². The van der Waals surface area contributed by atoms with Crippen molar-refractivity contribution in [3.8, 4) is 0 Å². The van der Waals surface area contributed by atoms with E-state index in [1.165, 1.54) is 18.4 Å². The van der Waals surface area contributed by atoms with Gasteiger partial charge in [0.25, 0.3) is 0 Å². The SMILES string of the molecule is C=C(CC(CC)CCCC)C(=O)O.C=Cc1ccccc1.CC=C(C)C(=O)O. The average molecular weight is 389 g/mol. The molecule has 0 aromatic heterocycles. The molecule has 156 valence electrons. The van der Waals surface area contributed by atoms with Crippen LogP contribution in [0.5, 0.6) is 0 Å². The van der Waals surface area contributed by atoms with Crippen molar-refractivity contribution < 1.29 is 19.8 Å². The first-order chi connectivity index (χ1) is 13.2. The molecule has 0 heterocycles. The molecule has 1 atom stereocenters. The summed E-state index contributed by atoms with van der Waals surface area (Å²) in [4.78, 5) is 20.4. The van der Waals surface area contributed by atoms with Crippen LogP contribution in [0.25, 0.3) is 6.08 Å². The van der Waals surface area contributed by atoms with Gasteiger partial charge in [-0.15, -0.1) is 0 Å². The van der Waals surface area contributed by atoms with Gasteiger partial charge in [0, 0.05) is 11.1 Å². The summed E-state index contributed by atoms with van der Waals surface area (Å²) in [7, 11) is 0. The highest BCUT2D eigenvalue weighted by molar-refractivity contribution is 5.86. The average Bonchev–Trinajstić information content (AvgIpc) is 2.71. The molecule has 28 heavy (non-hydrogen) atoms. The molecule has 1 rings (SSSR count). The van der Waals surface area contributed by atoms with Crippen molar-refractivity contribution >= 4 is 18.0 Å². The summed E-state index contributed by atoms with van der Waals surface area (Å²) in [5.74, 6) is -1.19. The van der Waals surface area contributed by atoms with Crippen LogP contribution in [-0.4, -0.2) is 22.2 Å². The van der Waals surface area contributed by atoms with Gasteiger partial charge in [-0.05, 0) is 31.7 Å². The number of hydrogen-bond acceptors (Lipinski definition) is 2. The topological polar surface area (TPSA) is 74.6 Å². The van der Waals surface area contributed by atoms with Gasteiger partial charge in [0.2, 0.25) is 0 Å². The Labute approximate surface area is 170 Å². The molecule has 0 spiro atoms. The Morgan fingerprint density at radius 3 is 1.96 bits per heavy atom. The van der Waals surface area contributed by atoms with Gasteiger partial charge in [-0.2, -0.15) is 0 Å². The summed E-state index contributed by atoms with van der Waals surface area (Å²) in [6.07, 6.45) is 8.57. The molecule has 0 fully saturated rings. The van der Waals surface area contributed by atoms with E-state index >= 15 is 0 Å². The summed E-state index contributed by atoms with van der Waals surface area (Å²) < 4.78 is 0. The van der Waals surface area contributed by atoms with Crippen LogP contribution in [-0.2, 0) is 9.59 Å². The molecule has 0 aliphatic heterocycles. The van der Waals surface area contributed by atoms with Crippen molar-refractivity contribution in [3.05, 3.63) is 66.3 Å². The van der Waals surface area contributed by atoms with E-state index in [1.807, 2.05) is 36.4 Å². The van der Waals surface area contributed by atoms with Crippen LogP contribution in [0.15, 0.2) is 60.7 Å². The summed E-state index contributed by atoms with van der Waals surface area (Å²) in [5, 5.41) is 16.8. The molecule has 1 unspecified atom stereocenters. The van der Waals surface area contributed by atoms with Gasteiger partial charge in [0.1, 0.15) is 0 Å². The van der Waals surface area contributed by atoms with Gasteiger partial charge < -0.3 is 10.2 Å². The van der Waals surface area contributed by atoms with E-state index in [0.29, 0.717) is 23.5 Å². The standard InChI is InChI=1S/C11H20O2.C8H8.C5H8O2/c1-4-6-7-10(5-2)8-9(3)11(12)13;1-2-8-6-4-3-5-7-8;1-3-4(2)5(6)7/h10H,3-8H2,1-2H3,(H,12,13);2-7H,1H2;3H,1-2H3,(H,6,7). The Morgan fingerprint density at radius 1 is 1.11 bits per heavy atom. The van der Waals surface area contributed by atoms with Crippen LogP contribution in [0.3, 0.4) is 0 Å². The fourth-order valence-electron chi connectivity index (χ4n) is 2.09. The van der Waals surface area contributed by atoms with Crippen molar-refractivity contribution in [1.82, 2.24) is 0 Å². The van der Waals surface area contributed by atoms with Crippen LogP contribution >= 0.6 is 0 Å². The van der Waals surface area contributed by atoms with Crippen molar-refractivity contribution in [2.45, 2.75) is 59.8 Å². The predicted octanol–water partition coefficient (Wildman–Crippen LogP) is 6.60. The molecule has 0 amide bonds. The molecule has 0 saturated heterocycles. The smallest absolute Gasteiger partial charge is 0.330 e. The Balaban J connectivity index is 0. The summed E-state index contributed by atoms with van der Waals surface area (Å²) in [6, 6.07) is 10.0. The van der Waals surface area contributed by atoms with Gasteiger partial charge in [-0.1, -0.05) is 95.2 Å². The number of benzene rings is 1. The van der Waals surface area contributed by atoms with E-state index in [-0.39, 0.29) is 0 Å². The number of allylic oxidation sites excluding steroid dienone is 1. The predicted molar refractivity (Wildman–Crippen MR) is 118 cm³/mol. The number of carboxylic acid groups (broad SMARTS) is 2. The maximum Gasteiger partial charge on any atom is 0.330 e. The molecule has 0 aliphatic rings. The van der Waals surface area contributed by atoms with Crippen LogP contribution in [0, 0.1) is 5.92 Å². The molecule has 4 heteroatoms. The third-order valence-electron chi connectivity index (χ3n) is 4.19. The van der Waals surface area contributed by atoms with Crippen LogP contribution in [0.1, 0.15) is 65.4 Å². The number of carboxylic acids is 2. The zero-order valence-electron chi connectivity index (χ0n) is 17.8.